The van der Waals surface area contributed by atoms with Crippen molar-refractivity contribution in [3.63, 3.8) is 0 Å². The molecule has 0 bridgehead atoms. The Labute approximate surface area is 139 Å². The zero-order valence-electron chi connectivity index (χ0n) is 12.7. The van der Waals surface area contributed by atoms with Gasteiger partial charge in [0.1, 0.15) is 5.75 Å². The van der Waals surface area contributed by atoms with Crippen molar-refractivity contribution in [2.75, 3.05) is 7.11 Å². The molecule has 4 nitrogen and oxygen atoms in total. The van der Waals surface area contributed by atoms with Crippen molar-refractivity contribution >= 4 is 28.4 Å². The first kappa shape index (κ1) is 15.4. The number of nitrogens with one attached hydrogen (secondary N) is 2. The zero-order chi connectivity index (χ0) is 16.2. The van der Waals surface area contributed by atoms with Crippen molar-refractivity contribution < 1.29 is 9.53 Å². The Kier molecular flexibility index (Phi) is 4.53. The smallest absolute Gasteiger partial charge is 0.224 e. The second kappa shape index (κ2) is 6.75. The molecule has 2 aromatic carbocycles. The molecule has 0 unspecified atom stereocenters. The van der Waals surface area contributed by atoms with Gasteiger partial charge in [-0.15, -0.1) is 0 Å². The topological polar surface area (TPSA) is 54.1 Å². The molecule has 2 N–H and O–H groups in total. The molecule has 0 aliphatic rings. The summed E-state index contributed by atoms with van der Waals surface area (Å²) in [5.41, 5.74) is 2.84. The number of H-pyrrole nitrogens is 1. The highest BCUT2D eigenvalue weighted by Gasteiger charge is 2.10. The third kappa shape index (κ3) is 3.48. The Morgan fingerprint density at radius 1 is 1.22 bits per heavy atom. The van der Waals surface area contributed by atoms with E-state index in [4.69, 9.17) is 16.3 Å². The highest BCUT2D eigenvalue weighted by atomic mass is 35.5. The van der Waals surface area contributed by atoms with Gasteiger partial charge in [0, 0.05) is 34.2 Å². The zero-order valence-corrected chi connectivity index (χ0v) is 13.5. The van der Waals surface area contributed by atoms with E-state index in [1.807, 2.05) is 48.7 Å². The lowest BCUT2D eigenvalue weighted by atomic mass is 10.1. The first-order chi connectivity index (χ1) is 11.2. The van der Waals surface area contributed by atoms with Gasteiger partial charge >= 0.3 is 0 Å². The molecule has 1 amide bonds. The summed E-state index contributed by atoms with van der Waals surface area (Å²) in [5.74, 6) is 0.737. The highest BCUT2D eigenvalue weighted by Crippen LogP contribution is 2.22. The molecule has 23 heavy (non-hydrogen) atoms. The van der Waals surface area contributed by atoms with Gasteiger partial charge in [0.15, 0.2) is 0 Å². The van der Waals surface area contributed by atoms with E-state index < -0.39 is 0 Å². The molecule has 0 saturated carbocycles. The average molecular weight is 329 g/mol. The number of para-hydroxylation sites is 1. The van der Waals surface area contributed by atoms with Gasteiger partial charge in [-0.3, -0.25) is 4.79 Å². The van der Waals surface area contributed by atoms with Gasteiger partial charge in [-0.25, -0.2) is 0 Å². The van der Waals surface area contributed by atoms with E-state index in [1.54, 1.807) is 7.11 Å². The van der Waals surface area contributed by atoms with Crippen LogP contribution < -0.4 is 10.1 Å². The number of ether oxygens (including phenoxy) is 1. The number of amides is 1. The molecule has 3 rings (SSSR count). The number of hydrogen-bond acceptors (Lipinski definition) is 2. The fourth-order valence-corrected chi connectivity index (χ4v) is 2.76. The number of carbonyl (C=O) groups is 1. The lowest BCUT2D eigenvalue weighted by molar-refractivity contribution is -0.120. The third-order valence-electron chi connectivity index (χ3n) is 3.75. The first-order valence-electron chi connectivity index (χ1n) is 7.31. The number of aromatic amines is 1. The SMILES string of the molecule is COc1ccccc1CNC(=O)Cc1c[nH]c2cc(Cl)ccc12. The predicted octanol–water partition coefficient (Wildman–Crippen LogP) is 3.69. The van der Waals surface area contributed by atoms with Crippen molar-refractivity contribution in [3.05, 3.63) is 64.8 Å². The Morgan fingerprint density at radius 3 is 2.87 bits per heavy atom. The molecule has 0 radical (unpaired) electrons. The minimum absolute atomic E-state index is 0.0354. The van der Waals surface area contributed by atoms with Crippen LogP contribution >= 0.6 is 11.6 Å². The van der Waals surface area contributed by atoms with Crippen LogP contribution in [-0.2, 0) is 17.8 Å². The fraction of sp³-hybridized carbons (Fsp3) is 0.167. The summed E-state index contributed by atoms with van der Waals surface area (Å²) < 4.78 is 5.28. The van der Waals surface area contributed by atoms with E-state index in [2.05, 4.69) is 10.3 Å². The van der Waals surface area contributed by atoms with Crippen molar-refractivity contribution in [3.8, 4) is 5.75 Å². The Balaban J connectivity index is 1.67. The van der Waals surface area contributed by atoms with E-state index >= 15 is 0 Å². The molecule has 1 aromatic heterocycles. The van der Waals surface area contributed by atoms with Gasteiger partial charge in [-0.05, 0) is 23.8 Å². The lowest BCUT2D eigenvalue weighted by Gasteiger charge is -2.09. The van der Waals surface area contributed by atoms with Gasteiger partial charge in [0.05, 0.1) is 13.5 Å². The van der Waals surface area contributed by atoms with Crippen LogP contribution in [0, 0.1) is 0 Å². The molecular formula is C18H17ClN2O2. The lowest BCUT2D eigenvalue weighted by Crippen LogP contribution is -2.24. The maximum absolute atomic E-state index is 12.2. The number of benzene rings is 2. The molecule has 3 aromatic rings. The average Bonchev–Trinajstić information content (AvgIpc) is 2.95. The molecule has 0 aliphatic heterocycles. The summed E-state index contributed by atoms with van der Waals surface area (Å²) in [6.07, 6.45) is 2.17. The quantitative estimate of drug-likeness (QED) is 0.750. The minimum atomic E-state index is -0.0354. The molecule has 0 fully saturated rings. The summed E-state index contributed by atoms with van der Waals surface area (Å²) in [4.78, 5) is 15.3. The van der Waals surface area contributed by atoms with Crippen LogP contribution in [0.25, 0.3) is 10.9 Å². The fourth-order valence-electron chi connectivity index (χ4n) is 2.58. The standard InChI is InChI=1S/C18H17ClN2O2/c1-23-17-5-3-2-4-12(17)10-21-18(22)8-13-11-20-16-9-14(19)6-7-15(13)16/h2-7,9,11,20H,8,10H2,1H3,(H,21,22). The highest BCUT2D eigenvalue weighted by molar-refractivity contribution is 6.31. The van der Waals surface area contributed by atoms with Crippen LogP contribution in [0.3, 0.4) is 0 Å². The molecule has 0 spiro atoms. The van der Waals surface area contributed by atoms with Crippen molar-refractivity contribution in [2.45, 2.75) is 13.0 Å². The number of fused-ring (bicyclic) bond motifs is 1. The van der Waals surface area contributed by atoms with E-state index in [1.165, 1.54) is 0 Å². The molecule has 1 heterocycles. The number of aromatic nitrogens is 1. The van der Waals surface area contributed by atoms with Crippen LogP contribution in [0.15, 0.2) is 48.7 Å². The van der Waals surface area contributed by atoms with E-state index in [0.717, 1.165) is 27.8 Å². The van der Waals surface area contributed by atoms with Crippen molar-refractivity contribution in [2.24, 2.45) is 0 Å². The molecular weight excluding hydrogens is 312 g/mol. The van der Waals surface area contributed by atoms with Crippen LogP contribution in [0.1, 0.15) is 11.1 Å². The van der Waals surface area contributed by atoms with Gasteiger partial charge in [-0.1, -0.05) is 35.9 Å². The number of rotatable bonds is 5. The summed E-state index contributed by atoms with van der Waals surface area (Å²) in [7, 11) is 1.62. The van der Waals surface area contributed by atoms with E-state index in [9.17, 15) is 4.79 Å². The van der Waals surface area contributed by atoms with Crippen molar-refractivity contribution in [1.29, 1.82) is 0 Å². The van der Waals surface area contributed by atoms with Gasteiger partial charge in [0.2, 0.25) is 5.91 Å². The molecule has 118 valence electrons. The van der Waals surface area contributed by atoms with Crippen LogP contribution in [0.4, 0.5) is 0 Å². The van der Waals surface area contributed by atoms with Gasteiger partial charge in [-0.2, -0.15) is 0 Å². The second-order valence-electron chi connectivity index (χ2n) is 5.27. The summed E-state index contributed by atoms with van der Waals surface area (Å²) in [5, 5.41) is 4.62. The Morgan fingerprint density at radius 2 is 2.04 bits per heavy atom. The molecule has 0 saturated heterocycles. The summed E-state index contributed by atoms with van der Waals surface area (Å²) >= 11 is 5.97. The molecule has 5 heteroatoms. The molecule has 0 aliphatic carbocycles. The van der Waals surface area contributed by atoms with Crippen molar-refractivity contribution in [1.82, 2.24) is 10.3 Å². The number of carbonyl (C=O) groups excluding carboxylic acids is 1. The maximum atomic E-state index is 12.2. The number of hydrogen-bond donors (Lipinski definition) is 2. The number of methoxy groups -OCH3 is 1. The molecule has 0 atom stereocenters. The van der Waals surface area contributed by atoms with E-state index in [0.29, 0.717) is 18.0 Å². The summed E-state index contributed by atoms with van der Waals surface area (Å²) in [6.45, 7) is 0.441. The predicted molar refractivity (Wildman–Crippen MR) is 91.9 cm³/mol. The number of halogens is 1. The Hall–Kier alpha value is -2.46. The normalized spacial score (nSPS) is 10.7. The van der Waals surface area contributed by atoms with Gasteiger partial charge in [0.25, 0.3) is 0 Å². The second-order valence-corrected chi connectivity index (χ2v) is 5.71. The first-order valence-corrected chi connectivity index (χ1v) is 7.69. The van der Waals surface area contributed by atoms with Gasteiger partial charge < -0.3 is 15.0 Å². The monoisotopic (exact) mass is 328 g/mol. The van der Waals surface area contributed by atoms with Crippen LogP contribution in [0.5, 0.6) is 5.75 Å². The minimum Gasteiger partial charge on any atom is -0.496 e. The largest absolute Gasteiger partial charge is 0.496 e. The van der Waals surface area contributed by atoms with E-state index in [-0.39, 0.29) is 5.91 Å². The van der Waals surface area contributed by atoms with Crippen LogP contribution in [0.2, 0.25) is 5.02 Å². The van der Waals surface area contributed by atoms with Crippen LogP contribution in [-0.4, -0.2) is 18.0 Å². The third-order valence-corrected chi connectivity index (χ3v) is 3.98. The Bertz CT molecular complexity index is 842. The maximum Gasteiger partial charge on any atom is 0.224 e. The summed E-state index contributed by atoms with van der Waals surface area (Å²) in [6, 6.07) is 13.3.